The van der Waals surface area contributed by atoms with Gasteiger partial charge in [0.25, 0.3) is 5.91 Å². The normalized spacial score (nSPS) is 11.2. The van der Waals surface area contributed by atoms with Crippen LogP contribution in [0.4, 0.5) is 5.69 Å². The van der Waals surface area contributed by atoms with Crippen LogP contribution in [0.3, 0.4) is 0 Å². The smallest absolute Gasteiger partial charge is 0.295 e. The van der Waals surface area contributed by atoms with Gasteiger partial charge in [0.05, 0.1) is 6.61 Å². The Balaban J connectivity index is 2.11. The van der Waals surface area contributed by atoms with Crippen molar-refractivity contribution in [1.29, 1.82) is 0 Å². The van der Waals surface area contributed by atoms with Crippen LogP contribution in [0.1, 0.15) is 44.1 Å². The molecule has 0 fully saturated rings. The van der Waals surface area contributed by atoms with Gasteiger partial charge in [-0.2, -0.15) is 0 Å². The Hall–Kier alpha value is -2.37. The molecule has 1 aromatic heterocycles. The lowest BCUT2D eigenvalue weighted by Gasteiger charge is -2.12. The van der Waals surface area contributed by atoms with E-state index in [9.17, 15) is 4.79 Å². The van der Waals surface area contributed by atoms with Crippen molar-refractivity contribution in [2.24, 2.45) is 0 Å². The van der Waals surface area contributed by atoms with Gasteiger partial charge < -0.3 is 10.1 Å². The third kappa shape index (κ3) is 3.81. The van der Waals surface area contributed by atoms with E-state index >= 15 is 0 Å². The molecule has 0 spiro atoms. The van der Waals surface area contributed by atoms with E-state index in [4.69, 9.17) is 4.74 Å². The molecular weight excluding hydrogens is 268 g/mol. The van der Waals surface area contributed by atoms with E-state index in [1.54, 1.807) is 12.1 Å². The van der Waals surface area contributed by atoms with Crippen molar-refractivity contribution in [3.05, 3.63) is 35.9 Å². The average molecular weight is 288 g/mol. The third-order valence-electron chi connectivity index (χ3n) is 2.80. The number of aromatic amines is 1. The van der Waals surface area contributed by atoms with E-state index in [0.717, 1.165) is 0 Å². The van der Waals surface area contributed by atoms with Crippen molar-refractivity contribution in [2.45, 2.75) is 33.1 Å². The lowest BCUT2D eigenvalue weighted by molar-refractivity contribution is 0.101. The summed E-state index contributed by atoms with van der Waals surface area (Å²) in [5.74, 6) is 1.16. The number of ether oxygens (including phenoxy) is 1. The SMILES string of the molecule is CCOc1cccc(NC(=O)c2n[nH]c(C(C)(C)C)n2)c1. The minimum Gasteiger partial charge on any atom is -0.494 e. The number of amides is 1. The van der Waals surface area contributed by atoms with Gasteiger partial charge in [-0.15, -0.1) is 5.10 Å². The Morgan fingerprint density at radius 1 is 1.38 bits per heavy atom. The predicted octanol–water partition coefficient (Wildman–Crippen LogP) is 2.75. The summed E-state index contributed by atoms with van der Waals surface area (Å²) in [5.41, 5.74) is 0.466. The predicted molar refractivity (Wildman–Crippen MR) is 80.6 cm³/mol. The van der Waals surface area contributed by atoms with Gasteiger partial charge in [-0.05, 0) is 19.1 Å². The maximum absolute atomic E-state index is 12.1. The standard InChI is InChI=1S/C15H20N4O2/c1-5-21-11-8-6-7-10(9-11)16-13(20)12-17-14(19-18-12)15(2,3)4/h6-9H,5H2,1-4H3,(H,16,20)(H,17,18,19). The highest BCUT2D eigenvalue weighted by atomic mass is 16.5. The van der Waals surface area contributed by atoms with Gasteiger partial charge in [-0.3, -0.25) is 9.89 Å². The fourth-order valence-corrected chi connectivity index (χ4v) is 1.72. The summed E-state index contributed by atoms with van der Waals surface area (Å²) in [5, 5.41) is 9.51. The molecule has 6 heteroatoms. The van der Waals surface area contributed by atoms with Crippen molar-refractivity contribution < 1.29 is 9.53 Å². The molecule has 21 heavy (non-hydrogen) atoms. The summed E-state index contributed by atoms with van der Waals surface area (Å²) in [6, 6.07) is 7.21. The summed E-state index contributed by atoms with van der Waals surface area (Å²) >= 11 is 0. The van der Waals surface area contributed by atoms with Crippen molar-refractivity contribution in [2.75, 3.05) is 11.9 Å². The Morgan fingerprint density at radius 2 is 2.14 bits per heavy atom. The average Bonchev–Trinajstić information content (AvgIpc) is 2.89. The third-order valence-corrected chi connectivity index (χ3v) is 2.80. The molecule has 0 atom stereocenters. The molecule has 0 saturated carbocycles. The van der Waals surface area contributed by atoms with Crippen LogP contribution in [0.15, 0.2) is 24.3 Å². The van der Waals surface area contributed by atoms with Crippen LogP contribution in [-0.2, 0) is 5.41 Å². The first-order valence-corrected chi connectivity index (χ1v) is 6.87. The van der Waals surface area contributed by atoms with E-state index in [-0.39, 0.29) is 17.1 Å². The lowest BCUT2D eigenvalue weighted by Crippen LogP contribution is -2.16. The number of hydrogen-bond donors (Lipinski definition) is 2. The molecule has 0 unspecified atom stereocenters. The maximum Gasteiger partial charge on any atom is 0.295 e. The van der Waals surface area contributed by atoms with Crippen LogP contribution in [-0.4, -0.2) is 27.7 Å². The zero-order valence-corrected chi connectivity index (χ0v) is 12.7. The van der Waals surface area contributed by atoms with Gasteiger partial charge in [-0.25, -0.2) is 4.98 Å². The van der Waals surface area contributed by atoms with Crippen LogP contribution in [0, 0.1) is 0 Å². The van der Waals surface area contributed by atoms with E-state index in [2.05, 4.69) is 20.5 Å². The van der Waals surface area contributed by atoms with E-state index in [0.29, 0.717) is 23.9 Å². The zero-order chi connectivity index (χ0) is 15.5. The number of carbonyl (C=O) groups excluding carboxylic acids is 1. The number of carbonyl (C=O) groups is 1. The van der Waals surface area contributed by atoms with Crippen molar-refractivity contribution >= 4 is 11.6 Å². The topological polar surface area (TPSA) is 79.9 Å². The fraction of sp³-hybridized carbons (Fsp3) is 0.400. The molecule has 0 radical (unpaired) electrons. The number of aromatic nitrogens is 3. The van der Waals surface area contributed by atoms with Gasteiger partial charge in [-0.1, -0.05) is 26.8 Å². The molecule has 6 nitrogen and oxygen atoms in total. The molecule has 112 valence electrons. The Bertz CT molecular complexity index is 629. The summed E-state index contributed by atoms with van der Waals surface area (Å²) < 4.78 is 5.39. The molecule has 0 saturated heterocycles. The molecule has 0 aliphatic rings. The first kappa shape index (κ1) is 15.0. The molecule has 0 aliphatic heterocycles. The first-order valence-electron chi connectivity index (χ1n) is 6.87. The van der Waals surface area contributed by atoms with Crippen molar-refractivity contribution in [1.82, 2.24) is 15.2 Å². The molecule has 0 bridgehead atoms. The number of H-pyrrole nitrogens is 1. The van der Waals surface area contributed by atoms with Crippen molar-refractivity contribution in [3.8, 4) is 5.75 Å². The second kappa shape index (κ2) is 5.95. The Morgan fingerprint density at radius 3 is 2.76 bits per heavy atom. The Kier molecular flexibility index (Phi) is 4.26. The van der Waals surface area contributed by atoms with Crippen LogP contribution in [0.25, 0.3) is 0 Å². The molecule has 1 amide bonds. The number of benzene rings is 1. The molecule has 2 N–H and O–H groups in total. The highest BCUT2D eigenvalue weighted by molar-refractivity contribution is 6.01. The van der Waals surface area contributed by atoms with Gasteiger partial charge in [0.1, 0.15) is 11.6 Å². The summed E-state index contributed by atoms with van der Waals surface area (Å²) in [6.45, 7) is 8.49. The molecule has 1 aromatic carbocycles. The van der Waals surface area contributed by atoms with E-state index < -0.39 is 0 Å². The molecule has 2 aromatic rings. The molecule has 2 rings (SSSR count). The van der Waals surface area contributed by atoms with Crippen LogP contribution in [0.2, 0.25) is 0 Å². The minimum absolute atomic E-state index is 0.127. The number of hydrogen-bond acceptors (Lipinski definition) is 4. The fourth-order valence-electron chi connectivity index (χ4n) is 1.72. The molecular formula is C15H20N4O2. The largest absolute Gasteiger partial charge is 0.494 e. The van der Waals surface area contributed by atoms with Crippen LogP contribution in [0.5, 0.6) is 5.75 Å². The second-order valence-corrected chi connectivity index (χ2v) is 5.67. The number of anilines is 1. The maximum atomic E-state index is 12.1. The highest BCUT2D eigenvalue weighted by Gasteiger charge is 2.21. The van der Waals surface area contributed by atoms with E-state index in [1.807, 2.05) is 39.8 Å². The number of rotatable bonds is 4. The minimum atomic E-state index is -0.351. The van der Waals surface area contributed by atoms with Gasteiger partial charge in [0, 0.05) is 17.2 Å². The summed E-state index contributed by atoms with van der Waals surface area (Å²) in [6.07, 6.45) is 0. The van der Waals surface area contributed by atoms with Crippen LogP contribution < -0.4 is 10.1 Å². The molecule has 1 heterocycles. The number of nitrogens with zero attached hydrogens (tertiary/aromatic N) is 2. The summed E-state index contributed by atoms with van der Waals surface area (Å²) in [4.78, 5) is 16.4. The van der Waals surface area contributed by atoms with Crippen LogP contribution >= 0.6 is 0 Å². The van der Waals surface area contributed by atoms with Gasteiger partial charge >= 0.3 is 0 Å². The summed E-state index contributed by atoms with van der Waals surface area (Å²) in [7, 11) is 0. The van der Waals surface area contributed by atoms with Gasteiger partial charge in [0.15, 0.2) is 0 Å². The van der Waals surface area contributed by atoms with E-state index in [1.165, 1.54) is 0 Å². The highest BCUT2D eigenvalue weighted by Crippen LogP contribution is 2.19. The monoisotopic (exact) mass is 288 g/mol. The van der Waals surface area contributed by atoms with Gasteiger partial charge in [0.2, 0.25) is 5.82 Å². The Labute approximate surface area is 123 Å². The lowest BCUT2D eigenvalue weighted by atomic mass is 9.96. The molecule has 0 aliphatic carbocycles. The second-order valence-electron chi connectivity index (χ2n) is 5.67. The quantitative estimate of drug-likeness (QED) is 0.906. The number of nitrogens with one attached hydrogen (secondary N) is 2. The first-order chi connectivity index (χ1) is 9.90. The van der Waals surface area contributed by atoms with Crippen molar-refractivity contribution in [3.63, 3.8) is 0 Å². The zero-order valence-electron chi connectivity index (χ0n) is 12.7.